The smallest absolute Gasteiger partial charge is 0.417 e. The van der Waals surface area contributed by atoms with Crippen molar-refractivity contribution in [1.82, 2.24) is 0 Å². The van der Waals surface area contributed by atoms with Crippen LogP contribution >= 0.6 is 0 Å². The molecule has 0 saturated carbocycles. The number of hydrogen-bond donors (Lipinski definition) is 0. The Bertz CT molecular complexity index is 590. The molecule has 0 N–H and O–H groups in total. The molecule has 6 nitrogen and oxygen atoms in total. The van der Waals surface area contributed by atoms with Gasteiger partial charge in [0.15, 0.2) is 0 Å². The fourth-order valence-corrected chi connectivity index (χ4v) is 1.35. The number of esters is 1. The van der Waals surface area contributed by atoms with E-state index < -0.39 is 39.4 Å². The first kappa shape index (κ1) is 14.4. The van der Waals surface area contributed by atoms with Crippen molar-refractivity contribution in [3.05, 3.63) is 38.9 Å². The minimum atomic E-state index is -5.00. The van der Waals surface area contributed by atoms with Crippen LogP contribution in [0.25, 0.3) is 0 Å². The zero-order valence-electron chi connectivity index (χ0n) is 9.32. The number of nitriles is 1. The summed E-state index contributed by atoms with van der Waals surface area (Å²) in [4.78, 5) is 20.7. The predicted octanol–water partition coefficient (Wildman–Crippen LogP) is 2.27. The van der Waals surface area contributed by atoms with Crippen LogP contribution in [0.2, 0.25) is 0 Å². The molecule has 0 heterocycles. The number of methoxy groups -OCH3 is 1. The number of alkyl halides is 3. The van der Waals surface area contributed by atoms with E-state index in [-0.39, 0.29) is 6.07 Å². The fourth-order valence-electron chi connectivity index (χ4n) is 1.35. The maximum atomic E-state index is 12.7. The molecule has 0 aliphatic heterocycles. The van der Waals surface area contributed by atoms with E-state index in [1.54, 1.807) is 0 Å². The number of non-ortho nitro benzene ring substituents is 1. The molecule has 0 unspecified atom stereocenters. The summed E-state index contributed by atoms with van der Waals surface area (Å²) in [6.07, 6.45) is -5.00. The van der Waals surface area contributed by atoms with Crippen LogP contribution in [0.1, 0.15) is 21.5 Å². The van der Waals surface area contributed by atoms with Crippen molar-refractivity contribution in [3.8, 4) is 6.07 Å². The lowest BCUT2D eigenvalue weighted by molar-refractivity contribution is -0.385. The fraction of sp³-hybridized carbons (Fsp3) is 0.200. The highest BCUT2D eigenvalue weighted by Crippen LogP contribution is 2.36. The Morgan fingerprint density at radius 3 is 2.42 bits per heavy atom. The Kier molecular flexibility index (Phi) is 3.75. The van der Waals surface area contributed by atoms with Gasteiger partial charge >= 0.3 is 12.1 Å². The van der Waals surface area contributed by atoms with Crippen molar-refractivity contribution < 1.29 is 27.6 Å². The second-order valence-corrected chi connectivity index (χ2v) is 3.27. The number of benzene rings is 1. The monoisotopic (exact) mass is 274 g/mol. The molecular weight excluding hydrogens is 269 g/mol. The van der Waals surface area contributed by atoms with E-state index in [2.05, 4.69) is 4.74 Å². The largest absolute Gasteiger partial charge is 0.465 e. The predicted molar refractivity (Wildman–Crippen MR) is 54.2 cm³/mol. The number of carbonyl (C=O) groups excluding carboxylic acids is 1. The molecule has 0 radical (unpaired) electrons. The molecule has 1 aromatic rings. The van der Waals surface area contributed by atoms with E-state index in [0.29, 0.717) is 6.07 Å². The quantitative estimate of drug-likeness (QED) is 0.468. The van der Waals surface area contributed by atoms with Crippen molar-refractivity contribution in [2.75, 3.05) is 7.11 Å². The molecule has 0 aliphatic carbocycles. The third-order valence-electron chi connectivity index (χ3n) is 2.16. The summed E-state index contributed by atoms with van der Waals surface area (Å²) in [5.41, 5.74) is -4.31. The number of nitrogens with zero attached hydrogens (tertiary/aromatic N) is 2. The lowest BCUT2D eigenvalue weighted by Gasteiger charge is -2.11. The molecule has 0 amide bonds. The molecule has 100 valence electrons. The Hall–Kier alpha value is -2.63. The van der Waals surface area contributed by atoms with Gasteiger partial charge in [-0.1, -0.05) is 0 Å². The molecule has 0 saturated heterocycles. The van der Waals surface area contributed by atoms with Crippen LogP contribution < -0.4 is 0 Å². The Labute approximate surface area is 104 Å². The van der Waals surface area contributed by atoms with Crippen molar-refractivity contribution in [1.29, 1.82) is 5.26 Å². The normalized spacial score (nSPS) is 10.7. The van der Waals surface area contributed by atoms with Crippen molar-refractivity contribution in [3.63, 3.8) is 0 Å². The van der Waals surface area contributed by atoms with Crippen molar-refractivity contribution in [2.24, 2.45) is 0 Å². The van der Waals surface area contributed by atoms with Crippen LogP contribution in [-0.2, 0) is 10.9 Å². The number of carbonyl (C=O) groups is 1. The number of hydrogen-bond acceptors (Lipinski definition) is 5. The second-order valence-electron chi connectivity index (χ2n) is 3.27. The minimum Gasteiger partial charge on any atom is -0.465 e. The van der Waals surface area contributed by atoms with Crippen LogP contribution in [0.15, 0.2) is 12.1 Å². The van der Waals surface area contributed by atoms with Gasteiger partial charge in [0.2, 0.25) is 0 Å². The van der Waals surface area contributed by atoms with E-state index in [1.807, 2.05) is 0 Å². The van der Waals surface area contributed by atoms with Crippen LogP contribution in [-0.4, -0.2) is 18.0 Å². The van der Waals surface area contributed by atoms with E-state index in [0.717, 1.165) is 7.11 Å². The molecule has 9 heteroatoms. The molecule has 0 aromatic heterocycles. The van der Waals surface area contributed by atoms with Crippen LogP contribution in [0.4, 0.5) is 18.9 Å². The van der Waals surface area contributed by atoms with Gasteiger partial charge in [-0.25, -0.2) is 4.79 Å². The molecule has 1 rings (SSSR count). The first-order valence-corrected chi connectivity index (χ1v) is 4.60. The van der Waals surface area contributed by atoms with Gasteiger partial charge in [0.25, 0.3) is 5.69 Å². The molecule has 0 aliphatic rings. The lowest BCUT2D eigenvalue weighted by atomic mass is 10.0. The number of ether oxygens (including phenoxy) is 1. The maximum absolute atomic E-state index is 12.7. The van der Waals surface area contributed by atoms with E-state index in [1.165, 1.54) is 6.07 Å². The molecule has 0 atom stereocenters. The van der Waals surface area contributed by atoms with Crippen LogP contribution in [0, 0.1) is 21.4 Å². The number of halogens is 3. The number of rotatable bonds is 2. The maximum Gasteiger partial charge on any atom is 0.417 e. The zero-order valence-corrected chi connectivity index (χ0v) is 9.32. The highest BCUT2D eigenvalue weighted by molar-refractivity contribution is 5.93. The molecule has 0 bridgehead atoms. The summed E-state index contributed by atoms with van der Waals surface area (Å²) in [6, 6.07) is 1.98. The van der Waals surface area contributed by atoms with Gasteiger partial charge in [0.05, 0.1) is 28.7 Å². The zero-order chi connectivity index (χ0) is 14.8. The summed E-state index contributed by atoms with van der Waals surface area (Å²) < 4.78 is 42.3. The lowest BCUT2D eigenvalue weighted by Crippen LogP contribution is -2.14. The SMILES string of the molecule is COC(=O)c1cc([N+](=O)[O-])cc(C(F)(F)F)c1C#N. The number of nitro groups is 1. The van der Waals surface area contributed by atoms with Crippen LogP contribution in [0.5, 0.6) is 0 Å². The number of nitro benzene ring substituents is 1. The van der Waals surface area contributed by atoms with Crippen LogP contribution in [0.3, 0.4) is 0 Å². The summed E-state index contributed by atoms with van der Waals surface area (Å²) in [7, 11) is 0.885. The third kappa shape index (κ3) is 2.79. The van der Waals surface area contributed by atoms with Gasteiger partial charge in [-0.3, -0.25) is 10.1 Å². The van der Waals surface area contributed by atoms with Gasteiger partial charge in [-0.2, -0.15) is 18.4 Å². The molecule has 1 aromatic carbocycles. The van der Waals surface area contributed by atoms with Gasteiger partial charge in [0.1, 0.15) is 6.07 Å². The summed E-state index contributed by atoms with van der Waals surface area (Å²) in [6.45, 7) is 0. The van der Waals surface area contributed by atoms with E-state index >= 15 is 0 Å². The van der Waals surface area contributed by atoms with E-state index in [4.69, 9.17) is 5.26 Å². The Morgan fingerprint density at radius 1 is 1.47 bits per heavy atom. The van der Waals surface area contributed by atoms with Gasteiger partial charge in [-0.05, 0) is 0 Å². The third-order valence-corrected chi connectivity index (χ3v) is 2.16. The first-order valence-electron chi connectivity index (χ1n) is 4.60. The van der Waals surface area contributed by atoms with Gasteiger partial charge in [-0.15, -0.1) is 0 Å². The summed E-state index contributed by atoms with van der Waals surface area (Å²) in [5.74, 6) is -1.26. The average molecular weight is 274 g/mol. The average Bonchev–Trinajstić information content (AvgIpc) is 2.34. The molecule has 0 fully saturated rings. The first-order chi connectivity index (χ1) is 8.72. The van der Waals surface area contributed by atoms with Gasteiger partial charge < -0.3 is 4.74 Å². The molecular formula is C10H5F3N2O4. The standard InChI is InChI=1S/C10H5F3N2O4/c1-19-9(16)6-2-5(15(17)18)3-8(7(6)4-14)10(11,12)13/h2-3H,1H3. The Morgan fingerprint density at radius 2 is 2.05 bits per heavy atom. The molecule has 19 heavy (non-hydrogen) atoms. The second kappa shape index (κ2) is 4.93. The minimum absolute atomic E-state index is 0.199. The van der Waals surface area contributed by atoms with Gasteiger partial charge in [0, 0.05) is 12.1 Å². The van der Waals surface area contributed by atoms with Crippen molar-refractivity contribution in [2.45, 2.75) is 6.18 Å². The molecule has 0 spiro atoms. The highest BCUT2D eigenvalue weighted by atomic mass is 19.4. The summed E-state index contributed by atoms with van der Waals surface area (Å²) >= 11 is 0. The summed E-state index contributed by atoms with van der Waals surface area (Å²) in [5, 5.41) is 19.3. The van der Waals surface area contributed by atoms with Crippen molar-refractivity contribution >= 4 is 11.7 Å². The highest BCUT2D eigenvalue weighted by Gasteiger charge is 2.38. The topological polar surface area (TPSA) is 93.2 Å². The van der Waals surface area contributed by atoms with E-state index in [9.17, 15) is 28.1 Å². The Balaban J connectivity index is 3.72.